The summed E-state index contributed by atoms with van der Waals surface area (Å²) in [5, 5.41) is 3.49. The largest absolute Gasteiger partial charge is 0.352 e. The SMILES string of the molecule is CCC(Br)CCNC(=O)c1ccc(Cl)cc1Br. The Bertz CT molecular complexity index is 398. The summed E-state index contributed by atoms with van der Waals surface area (Å²) in [6.07, 6.45) is 1.98. The Kier molecular flexibility index (Phi) is 6.52. The topological polar surface area (TPSA) is 29.1 Å². The van der Waals surface area contributed by atoms with Gasteiger partial charge in [-0.1, -0.05) is 34.5 Å². The molecule has 0 bridgehead atoms. The van der Waals surface area contributed by atoms with Crippen molar-refractivity contribution in [3.8, 4) is 0 Å². The summed E-state index contributed by atoms with van der Waals surface area (Å²) in [6, 6.07) is 5.14. The van der Waals surface area contributed by atoms with E-state index in [4.69, 9.17) is 11.6 Å². The van der Waals surface area contributed by atoms with Gasteiger partial charge in [-0.3, -0.25) is 4.79 Å². The van der Waals surface area contributed by atoms with Crippen LogP contribution in [0.5, 0.6) is 0 Å². The minimum atomic E-state index is -0.0793. The van der Waals surface area contributed by atoms with Crippen molar-refractivity contribution in [2.24, 2.45) is 0 Å². The van der Waals surface area contributed by atoms with Crippen molar-refractivity contribution in [3.63, 3.8) is 0 Å². The number of benzene rings is 1. The minimum absolute atomic E-state index is 0.0793. The summed E-state index contributed by atoms with van der Waals surface area (Å²) in [4.78, 5) is 12.3. The van der Waals surface area contributed by atoms with Gasteiger partial charge in [0, 0.05) is 20.9 Å². The Morgan fingerprint density at radius 3 is 2.82 bits per heavy atom. The predicted molar refractivity (Wildman–Crippen MR) is 79.1 cm³/mol. The molecule has 0 fully saturated rings. The standard InChI is InChI=1S/C12H14Br2ClNO/c1-2-8(13)5-6-16-12(17)10-4-3-9(15)7-11(10)14/h3-4,7-8H,2,5-6H2,1H3,(H,16,17). The van der Waals surface area contributed by atoms with Gasteiger partial charge in [-0.2, -0.15) is 0 Å². The van der Waals surface area contributed by atoms with Crippen LogP contribution in [-0.4, -0.2) is 17.3 Å². The third-order valence-electron chi connectivity index (χ3n) is 2.36. The maximum atomic E-state index is 11.8. The predicted octanol–water partition coefficient (Wildman–Crippen LogP) is 4.40. The van der Waals surface area contributed by atoms with E-state index < -0.39 is 0 Å². The molecule has 0 aliphatic heterocycles. The van der Waals surface area contributed by atoms with E-state index in [1.54, 1.807) is 18.2 Å². The minimum Gasteiger partial charge on any atom is -0.352 e. The summed E-state index contributed by atoms with van der Waals surface area (Å²) in [5.41, 5.74) is 0.608. The van der Waals surface area contributed by atoms with E-state index >= 15 is 0 Å². The Morgan fingerprint density at radius 1 is 1.53 bits per heavy atom. The summed E-state index contributed by atoms with van der Waals surface area (Å²) in [5.74, 6) is -0.0793. The molecule has 0 aromatic heterocycles. The number of nitrogens with one attached hydrogen (secondary N) is 1. The quantitative estimate of drug-likeness (QED) is 0.751. The number of hydrogen-bond acceptors (Lipinski definition) is 1. The molecule has 0 aliphatic carbocycles. The van der Waals surface area contributed by atoms with Crippen molar-refractivity contribution in [1.29, 1.82) is 0 Å². The van der Waals surface area contributed by atoms with Gasteiger partial charge in [0.1, 0.15) is 0 Å². The third kappa shape index (κ3) is 4.98. The molecule has 0 saturated carbocycles. The average Bonchev–Trinajstić information content (AvgIpc) is 2.28. The van der Waals surface area contributed by atoms with Gasteiger partial charge in [0.25, 0.3) is 5.91 Å². The van der Waals surface area contributed by atoms with E-state index in [-0.39, 0.29) is 5.91 Å². The number of carbonyl (C=O) groups excluding carboxylic acids is 1. The van der Waals surface area contributed by atoms with Gasteiger partial charge in [-0.05, 0) is 47.0 Å². The highest BCUT2D eigenvalue weighted by Crippen LogP contribution is 2.21. The van der Waals surface area contributed by atoms with Gasteiger partial charge in [0.15, 0.2) is 0 Å². The second-order valence-electron chi connectivity index (χ2n) is 3.67. The molecule has 1 aromatic rings. The van der Waals surface area contributed by atoms with E-state index in [1.807, 2.05) is 0 Å². The van der Waals surface area contributed by atoms with Gasteiger partial charge in [-0.15, -0.1) is 0 Å². The lowest BCUT2D eigenvalue weighted by Crippen LogP contribution is -2.26. The smallest absolute Gasteiger partial charge is 0.252 e. The van der Waals surface area contributed by atoms with Gasteiger partial charge in [0.05, 0.1) is 5.56 Å². The van der Waals surface area contributed by atoms with Crippen LogP contribution in [0.4, 0.5) is 0 Å². The van der Waals surface area contributed by atoms with E-state index in [0.29, 0.717) is 26.4 Å². The van der Waals surface area contributed by atoms with Crippen molar-refractivity contribution in [1.82, 2.24) is 5.32 Å². The van der Waals surface area contributed by atoms with Crippen LogP contribution >= 0.6 is 43.5 Å². The molecule has 17 heavy (non-hydrogen) atoms. The maximum Gasteiger partial charge on any atom is 0.252 e. The van der Waals surface area contributed by atoms with E-state index in [9.17, 15) is 4.79 Å². The van der Waals surface area contributed by atoms with Crippen LogP contribution in [0.2, 0.25) is 5.02 Å². The van der Waals surface area contributed by atoms with Crippen LogP contribution in [0, 0.1) is 0 Å². The van der Waals surface area contributed by atoms with Gasteiger partial charge >= 0.3 is 0 Å². The Balaban J connectivity index is 2.52. The lowest BCUT2D eigenvalue weighted by atomic mass is 10.2. The highest BCUT2D eigenvalue weighted by Gasteiger charge is 2.10. The molecule has 94 valence electrons. The summed E-state index contributed by atoms with van der Waals surface area (Å²) >= 11 is 12.7. The highest BCUT2D eigenvalue weighted by molar-refractivity contribution is 9.10. The fraction of sp³-hybridized carbons (Fsp3) is 0.417. The number of rotatable bonds is 5. The zero-order chi connectivity index (χ0) is 12.8. The van der Waals surface area contributed by atoms with Crippen molar-refractivity contribution < 1.29 is 4.79 Å². The lowest BCUT2D eigenvalue weighted by molar-refractivity contribution is 0.0952. The normalized spacial score (nSPS) is 12.2. The molecule has 0 saturated heterocycles. The Hall–Kier alpha value is -0.0600. The summed E-state index contributed by atoms with van der Waals surface area (Å²) in [7, 11) is 0. The molecule has 0 aliphatic rings. The monoisotopic (exact) mass is 381 g/mol. The first-order chi connectivity index (χ1) is 8.04. The van der Waals surface area contributed by atoms with Crippen LogP contribution in [0.25, 0.3) is 0 Å². The number of halogens is 3. The molecule has 1 aromatic carbocycles. The van der Waals surface area contributed by atoms with Gasteiger partial charge in [0.2, 0.25) is 0 Å². The molecule has 5 heteroatoms. The zero-order valence-electron chi connectivity index (χ0n) is 9.47. The average molecular weight is 384 g/mol. The Labute approximate surface area is 123 Å². The molecule has 0 heterocycles. The third-order valence-corrected chi connectivity index (χ3v) is 4.36. The summed E-state index contributed by atoms with van der Waals surface area (Å²) in [6.45, 7) is 2.77. The molecule has 2 nitrogen and oxygen atoms in total. The zero-order valence-corrected chi connectivity index (χ0v) is 13.4. The number of amides is 1. The van der Waals surface area contributed by atoms with Crippen molar-refractivity contribution in [3.05, 3.63) is 33.3 Å². The van der Waals surface area contributed by atoms with E-state index in [0.717, 1.165) is 12.8 Å². The second kappa shape index (κ2) is 7.39. The molecule has 1 rings (SSSR count). The van der Waals surface area contributed by atoms with Crippen molar-refractivity contribution >= 4 is 49.4 Å². The molecule has 1 amide bonds. The molecular formula is C12H14Br2ClNO. The summed E-state index contributed by atoms with van der Waals surface area (Å²) < 4.78 is 0.716. The second-order valence-corrected chi connectivity index (χ2v) is 6.26. The first-order valence-corrected chi connectivity index (χ1v) is 7.50. The van der Waals surface area contributed by atoms with Crippen LogP contribution in [0.15, 0.2) is 22.7 Å². The molecule has 1 N–H and O–H groups in total. The number of hydrogen-bond donors (Lipinski definition) is 1. The lowest BCUT2D eigenvalue weighted by Gasteiger charge is -2.09. The van der Waals surface area contributed by atoms with Gasteiger partial charge < -0.3 is 5.32 Å². The van der Waals surface area contributed by atoms with E-state index in [2.05, 4.69) is 44.1 Å². The van der Waals surface area contributed by atoms with Crippen molar-refractivity contribution in [2.45, 2.75) is 24.6 Å². The van der Waals surface area contributed by atoms with Crippen molar-refractivity contribution in [2.75, 3.05) is 6.54 Å². The molecule has 0 spiro atoms. The van der Waals surface area contributed by atoms with Crippen LogP contribution in [0.3, 0.4) is 0 Å². The van der Waals surface area contributed by atoms with Crippen LogP contribution in [0.1, 0.15) is 30.1 Å². The molecule has 1 atom stereocenters. The van der Waals surface area contributed by atoms with Crippen LogP contribution in [-0.2, 0) is 0 Å². The molecule has 0 radical (unpaired) electrons. The Morgan fingerprint density at radius 2 is 2.24 bits per heavy atom. The fourth-order valence-electron chi connectivity index (χ4n) is 1.32. The first kappa shape index (κ1) is 15.0. The van der Waals surface area contributed by atoms with Gasteiger partial charge in [-0.25, -0.2) is 0 Å². The maximum absolute atomic E-state index is 11.8. The number of carbonyl (C=O) groups is 1. The van der Waals surface area contributed by atoms with E-state index in [1.165, 1.54) is 0 Å². The van der Waals surface area contributed by atoms with Crippen LogP contribution < -0.4 is 5.32 Å². The number of alkyl halides is 1. The molecule has 1 unspecified atom stereocenters. The fourth-order valence-corrected chi connectivity index (χ4v) is 2.41. The highest BCUT2D eigenvalue weighted by atomic mass is 79.9. The first-order valence-electron chi connectivity index (χ1n) is 5.42. The molecular weight excluding hydrogens is 369 g/mol.